The summed E-state index contributed by atoms with van der Waals surface area (Å²) in [5.41, 5.74) is 2.02. The SMILES string of the molecule is [CH2]c1cc(C(C)(C)C)ccc1O. The fourth-order valence-electron chi connectivity index (χ4n) is 1.05. The number of hydrogen-bond acceptors (Lipinski definition) is 1. The van der Waals surface area contributed by atoms with Crippen molar-refractivity contribution >= 4 is 0 Å². The smallest absolute Gasteiger partial charge is 0.118 e. The third kappa shape index (κ3) is 1.79. The molecular weight excluding hydrogens is 148 g/mol. The molecule has 0 unspecified atom stereocenters. The molecular formula is C11H15O. The first-order chi connectivity index (χ1) is 5.41. The van der Waals surface area contributed by atoms with Crippen LogP contribution >= 0.6 is 0 Å². The predicted octanol–water partition coefficient (Wildman–Crippen LogP) is 2.87. The van der Waals surface area contributed by atoms with E-state index in [-0.39, 0.29) is 11.2 Å². The summed E-state index contributed by atoms with van der Waals surface area (Å²) in [6.07, 6.45) is 0. The summed E-state index contributed by atoms with van der Waals surface area (Å²) in [4.78, 5) is 0. The van der Waals surface area contributed by atoms with E-state index in [0.717, 1.165) is 0 Å². The van der Waals surface area contributed by atoms with E-state index >= 15 is 0 Å². The maximum atomic E-state index is 9.25. The first-order valence-corrected chi connectivity index (χ1v) is 4.07. The minimum Gasteiger partial charge on any atom is -0.508 e. The summed E-state index contributed by atoms with van der Waals surface area (Å²) in [6.45, 7) is 10.2. The Labute approximate surface area is 74.1 Å². The van der Waals surface area contributed by atoms with Crippen molar-refractivity contribution in [3.05, 3.63) is 36.2 Å². The fraction of sp³-hybridized carbons (Fsp3) is 0.364. The van der Waals surface area contributed by atoms with Gasteiger partial charge < -0.3 is 5.11 Å². The molecule has 0 aliphatic heterocycles. The standard InChI is InChI=1S/C11H15O/c1-8-7-9(11(2,3)4)5-6-10(8)12/h5-7,12H,1H2,2-4H3. The summed E-state index contributed by atoms with van der Waals surface area (Å²) in [5, 5.41) is 9.25. The fourth-order valence-corrected chi connectivity index (χ4v) is 1.05. The van der Waals surface area contributed by atoms with E-state index in [4.69, 9.17) is 0 Å². The van der Waals surface area contributed by atoms with Crippen LogP contribution in [0.25, 0.3) is 0 Å². The Balaban J connectivity index is 3.14. The van der Waals surface area contributed by atoms with Crippen LogP contribution in [0.1, 0.15) is 31.9 Å². The van der Waals surface area contributed by atoms with E-state index in [0.29, 0.717) is 5.56 Å². The van der Waals surface area contributed by atoms with Gasteiger partial charge in [0.05, 0.1) is 0 Å². The van der Waals surface area contributed by atoms with Crippen LogP contribution in [-0.4, -0.2) is 5.11 Å². The highest BCUT2D eigenvalue weighted by Crippen LogP contribution is 2.26. The van der Waals surface area contributed by atoms with E-state index in [1.165, 1.54) is 5.56 Å². The monoisotopic (exact) mass is 163 g/mol. The van der Waals surface area contributed by atoms with Crippen molar-refractivity contribution in [2.24, 2.45) is 0 Å². The van der Waals surface area contributed by atoms with Crippen molar-refractivity contribution < 1.29 is 5.11 Å². The van der Waals surface area contributed by atoms with Gasteiger partial charge in [-0.05, 0) is 29.5 Å². The third-order valence-corrected chi connectivity index (χ3v) is 1.95. The van der Waals surface area contributed by atoms with Gasteiger partial charge in [0.1, 0.15) is 5.75 Å². The largest absolute Gasteiger partial charge is 0.508 e. The number of rotatable bonds is 0. The summed E-state index contributed by atoms with van der Waals surface area (Å²) in [5.74, 6) is 0.267. The van der Waals surface area contributed by atoms with E-state index in [2.05, 4.69) is 27.7 Å². The molecule has 1 N–H and O–H groups in total. The van der Waals surface area contributed by atoms with Gasteiger partial charge in [-0.25, -0.2) is 0 Å². The van der Waals surface area contributed by atoms with Gasteiger partial charge in [0.25, 0.3) is 0 Å². The van der Waals surface area contributed by atoms with Crippen LogP contribution in [-0.2, 0) is 5.41 Å². The molecule has 0 aliphatic carbocycles. The molecule has 0 saturated carbocycles. The normalized spacial score (nSPS) is 11.7. The molecule has 1 heteroatoms. The average molecular weight is 163 g/mol. The lowest BCUT2D eigenvalue weighted by Crippen LogP contribution is -2.10. The molecule has 0 aromatic heterocycles. The quantitative estimate of drug-likeness (QED) is 0.623. The number of benzene rings is 1. The lowest BCUT2D eigenvalue weighted by molar-refractivity contribution is 0.471. The summed E-state index contributed by atoms with van der Waals surface area (Å²) in [7, 11) is 0. The molecule has 0 atom stereocenters. The van der Waals surface area contributed by atoms with Crippen LogP contribution in [0.2, 0.25) is 0 Å². The van der Waals surface area contributed by atoms with Crippen molar-refractivity contribution in [3.63, 3.8) is 0 Å². The van der Waals surface area contributed by atoms with Gasteiger partial charge in [0.15, 0.2) is 0 Å². The van der Waals surface area contributed by atoms with Crippen molar-refractivity contribution in [2.75, 3.05) is 0 Å². The molecule has 1 rings (SSSR count). The van der Waals surface area contributed by atoms with Crippen LogP contribution in [0.5, 0.6) is 5.75 Å². The average Bonchev–Trinajstić information content (AvgIpc) is 1.92. The Hall–Kier alpha value is -0.980. The van der Waals surface area contributed by atoms with Crippen LogP contribution in [0.15, 0.2) is 18.2 Å². The summed E-state index contributed by atoms with van der Waals surface area (Å²) < 4.78 is 0. The molecule has 0 spiro atoms. The van der Waals surface area contributed by atoms with Gasteiger partial charge >= 0.3 is 0 Å². The molecule has 65 valence electrons. The molecule has 12 heavy (non-hydrogen) atoms. The highest BCUT2D eigenvalue weighted by atomic mass is 16.3. The lowest BCUT2D eigenvalue weighted by atomic mass is 9.86. The Morgan fingerprint density at radius 2 is 1.83 bits per heavy atom. The second-order valence-electron chi connectivity index (χ2n) is 4.09. The minimum absolute atomic E-state index is 0.125. The Bertz CT molecular complexity index is 282. The zero-order chi connectivity index (χ0) is 9.35. The number of phenolic OH excluding ortho intramolecular Hbond substituents is 1. The number of hydrogen-bond donors (Lipinski definition) is 1. The van der Waals surface area contributed by atoms with E-state index in [1.54, 1.807) is 6.07 Å². The first kappa shape index (κ1) is 9.11. The Morgan fingerprint density at radius 3 is 2.25 bits per heavy atom. The molecule has 1 nitrogen and oxygen atoms in total. The zero-order valence-electron chi connectivity index (χ0n) is 7.89. The van der Waals surface area contributed by atoms with Gasteiger partial charge in [-0.2, -0.15) is 0 Å². The highest BCUT2D eigenvalue weighted by molar-refractivity contribution is 5.40. The summed E-state index contributed by atoms with van der Waals surface area (Å²) >= 11 is 0. The third-order valence-electron chi connectivity index (χ3n) is 1.95. The minimum atomic E-state index is 0.125. The van der Waals surface area contributed by atoms with Gasteiger partial charge in [0, 0.05) is 0 Å². The second-order valence-corrected chi connectivity index (χ2v) is 4.09. The number of aromatic hydroxyl groups is 1. The maximum Gasteiger partial charge on any atom is 0.118 e. The number of phenols is 1. The molecule has 0 bridgehead atoms. The van der Waals surface area contributed by atoms with Crippen molar-refractivity contribution in [3.8, 4) is 5.75 Å². The van der Waals surface area contributed by atoms with Crippen molar-refractivity contribution in [1.29, 1.82) is 0 Å². The lowest BCUT2D eigenvalue weighted by Gasteiger charge is -2.19. The van der Waals surface area contributed by atoms with Crippen LogP contribution in [0.4, 0.5) is 0 Å². The Morgan fingerprint density at radius 1 is 1.25 bits per heavy atom. The molecule has 0 aliphatic rings. The molecule has 0 saturated heterocycles. The predicted molar refractivity (Wildman–Crippen MR) is 51.3 cm³/mol. The highest BCUT2D eigenvalue weighted by Gasteiger charge is 2.13. The van der Waals surface area contributed by atoms with Gasteiger partial charge in [-0.3, -0.25) is 0 Å². The van der Waals surface area contributed by atoms with Crippen molar-refractivity contribution in [1.82, 2.24) is 0 Å². The van der Waals surface area contributed by atoms with E-state index < -0.39 is 0 Å². The first-order valence-electron chi connectivity index (χ1n) is 4.07. The molecule has 1 aromatic carbocycles. The Kier molecular flexibility index (Phi) is 2.14. The van der Waals surface area contributed by atoms with Gasteiger partial charge in [-0.15, -0.1) is 0 Å². The molecule has 0 heterocycles. The van der Waals surface area contributed by atoms with Crippen LogP contribution in [0, 0.1) is 6.92 Å². The molecule has 0 amide bonds. The second kappa shape index (κ2) is 2.81. The molecule has 0 fully saturated rings. The zero-order valence-corrected chi connectivity index (χ0v) is 7.89. The van der Waals surface area contributed by atoms with Gasteiger partial charge in [-0.1, -0.05) is 32.9 Å². The van der Waals surface area contributed by atoms with Crippen LogP contribution in [0.3, 0.4) is 0 Å². The van der Waals surface area contributed by atoms with Crippen molar-refractivity contribution in [2.45, 2.75) is 26.2 Å². The topological polar surface area (TPSA) is 20.2 Å². The molecule has 1 aromatic rings. The van der Waals surface area contributed by atoms with Crippen LogP contribution < -0.4 is 0 Å². The molecule has 1 radical (unpaired) electrons. The summed E-state index contributed by atoms with van der Waals surface area (Å²) in [6, 6.07) is 5.56. The maximum absolute atomic E-state index is 9.25. The van der Waals surface area contributed by atoms with E-state index in [1.807, 2.05) is 12.1 Å². The van der Waals surface area contributed by atoms with Gasteiger partial charge in [0.2, 0.25) is 0 Å². The van der Waals surface area contributed by atoms with E-state index in [9.17, 15) is 5.11 Å².